The van der Waals surface area contributed by atoms with E-state index < -0.39 is 0 Å². The molecule has 1 aliphatic heterocycles. The van der Waals surface area contributed by atoms with Crippen LogP contribution < -0.4 is 0 Å². The summed E-state index contributed by atoms with van der Waals surface area (Å²) in [5, 5.41) is 9.82. The molecule has 2 atom stereocenters. The zero-order valence-electron chi connectivity index (χ0n) is 9.75. The Morgan fingerprint density at radius 3 is 2.64 bits per heavy atom. The Morgan fingerprint density at radius 1 is 1.43 bits per heavy atom. The third-order valence-electron chi connectivity index (χ3n) is 2.82. The van der Waals surface area contributed by atoms with Crippen LogP contribution in [0.3, 0.4) is 0 Å². The zero-order chi connectivity index (χ0) is 10.6. The normalized spacial score (nSPS) is 25.3. The molecule has 1 saturated heterocycles. The van der Waals surface area contributed by atoms with Gasteiger partial charge in [-0.05, 0) is 31.1 Å². The van der Waals surface area contributed by atoms with Gasteiger partial charge >= 0.3 is 0 Å². The highest BCUT2D eigenvalue weighted by atomic mass is 16.5. The first-order chi connectivity index (χ1) is 6.49. The number of hydrogen-bond donors (Lipinski definition) is 1. The number of rotatable bonds is 4. The Hall–Kier alpha value is -0.0800. The van der Waals surface area contributed by atoms with Crippen LogP contribution in [0.15, 0.2) is 0 Å². The third kappa shape index (κ3) is 4.43. The minimum atomic E-state index is -0.236. The van der Waals surface area contributed by atoms with Gasteiger partial charge in [0.2, 0.25) is 0 Å². The fourth-order valence-corrected chi connectivity index (χ4v) is 1.93. The van der Waals surface area contributed by atoms with Gasteiger partial charge in [-0.3, -0.25) is 0 Å². The number of aliphatic hydroxyl groups is 1. The molecule has 1 heterocycles. The Labute approximate surface area is 87.7 Å². The molecule has 0 spiro atoms. The molecule has 1 aliphatic rings. The molecule has 0 saturated carbocycles. The predicted molar refractivity (Wildman–Crippen MR) is 58.3 cm³/mol. The number of hydrogen-bond acceptors (Lipinski definition) is 2. The van der Waals surface area contributed by atoms with Crippen molar-refractivity contribution in [3.05, 3.63) is 0 Å². The van der Waals surface area contributed by atoms with Gasteiger partial charge in [-0.1, -0.05) is 27.2 Å². The number of ether oxygens (including phenoxy) is 1. The van der Waals surface area contributed by atoms with Crippen LogP contribution in [0.5, 0.6) is 0 Å². The van der Waals surface area contributed by atoms with Gasteiger partial charge in [-0.15, -0.1) is 0 Å². The molecular weight excluding hydrogens is 176 g/mol. The van der Waals surface area contributed by atoms with Crippen LogP contribution >= 0.6 is 0 Å². The minimum Gasteiger partial charge on any atom is -0.390 e. The van der Waals surface area contributed by atoms with Crippen LogP contribution in [-0.4, -0.2) is 23.9 Å². The van der Waals surface area contributed by atoms with E-state index in [0.717, 1.165) is 32.3 Å². The molecule has 1 fully saturated rings. The lowest BCUT2D eigenvalue weighted by Crippen LogP contribution is -2.25. The van der Waals surface area contributed by atoms with Crippen molar-refractivity contribution < 1.29 is 9.84 Å². The molecule has 0 aromatic heterocycles. The Kier molecular flexibility index (Phi) is 4.39. The highest BCUT2D eigenvalue weighted by Gasteiger charge is 2.24. The van der Waals surface area contributed by atoms with Crippen molar-refractivity contribution in [3.8, 4) is 0 Å². The standard InChI is InChI=1S/C12H24O2/c1-12(2,3)8-4-6-10(13)11-7-5-9-14-11/h10-11,13H,4-9H2,1-3H3. The summed E-state index contributed by atoms with van der Waals surface area (Å²) < 4.78 is 5.45. The lowest BCUT2D eigenvalue weighted by molar-refractivity contribution is -0.00724. The van der Waals surface area contributed by atoms with Crippen molar-refractivity contribution in [2.24, 2.45) is 5.41 Å². The highest BCUT2D eigenvalue weighted by molar-refractivity contribution is 4.74. The van der Waals surface area contributed by atoms with E-state index in [4.69, 9.17) is 4.74 Å². The molecule has 2 nitrogen and oxygen atoms in total. The van der Waals surface area contributed by atoms with Crippen LogP contribution in [0.4, 0.5) is 0 Å². The van der Waals surface area contributed by atoms with Crippen LogP contribution in [0, 0.1) is 5.41 Å². The summed E-state index contributed by atoms with van der Waals surface area (Å²) in [6, 6.07) is 0. The molecule has 0 aliphatic carbocycles. The van der Waals surface area contributed by atoms with Gasteiger partial charge in [-0.25, -0.2) is 0 Å². The van der Waals surface area contributed by atoms with E-state index >= 15 is 0 Å². The molecule has 0 aromatic rings. The van der Waals surface area contributed by atoms with Gasteiger partial charge in [0.1, 0.15) is 0 Å². The fraction of sp³-hybridized carbons (Fsp3) is 1.00. The summed E-state index contributed by atoms with van der Waals surface area (Å²) in [6.07, 6.45) is 5.20. The Morgan fingerprint density at radius 2 is 2.14 bits per heavy atom. The molecule has 0 bridgehead atoms. The van der Waals surface area contributed by atoms with Crippen molar-refractivity contribution in [2.75, 3.05) is 6.61 Å². The second-order valence-electron chi connectivity index (χ2n) is 5.57. The lowest BCUT2D eigenvalue weighted by Gasteiger charge is -2.21. The SMILES string of the molecule is CC(C)(C)CCCC(O)C1CCCO1. The molecule has 0 radical (unpaired) electrons. The van der Waals surface area contributed by atoms with Crippen LogP contribution in [0.25, 0.3) is 0 Å². The van der Waals surface area contributed by atoms with E-state index in [1.807, 2.05) is 0 Å². The summed E-state index contributed by atoms with van der Waals surface area (Å²) in [5.41, 5.74) is 0.385. The summed E-state index contributed by atoms with van der Waals surface area (Å²) >= 11 is 0. The van der Waals surface area contributed by atoms with Crippen molar-refractivity contribution in [1.29, 1.82) is 0 Å². The van der Waals surface area contributed by atoms with Crippen molar-refractivity contribution in [3.63, 3.8) is 0 Å². The molecule has 0 aromatic carbocycles. The minimum absolute atomic E-state index is 0.120. The van der Waals surface area contributed by atoms with Crippen molar-refractivity contribution in [2.45, 2.75) is 65.1 Å². The second-order valence-corrected chi connectivity index (χ2v) is 5.57. The van der Waals surface area contributed by atoms with Crippen molar-refractivity contribution >= 4 is 0 Å². The summed E-state index contributed by atoms with van der Waals surface area (Å²) in [4.78, 5) is 0. The molecular formula is C12H24O2. The zero-order valence-corrected chi connectivity index (χ0v) is 9.75. The van der Waals surface area contributed by atoms with Gasteiger partial charge < -0.3 is 9.84 Å². The molecule has 1 rings (SSSR count). The summed E-state index contributed by atoms with van der Waals surface area (Å²) in [5.74, 6) is 0. The average Bonchev–Trinajstić information content (AvgIpc) is 2.53. The number of aliphatic hydroxyl groups excluding tert-OH is 1. The van der Waals surface area contributed by atoms with E-state index in [1.54, 1.807) is 0 Å². The predicted octanol–water partition coefficient (Wildman–Crippen LogP) is 2.74. The average molecular weight is 200 g/mol. The first-order valence-electron chi connectivity index (χ1n) is 5.79. The molecule has 2 heteroatoms. The monoisotopic (exact) mass is 200 g/mol. The maximum Gasteiger partial charge on any atom is 0.0834 e. The third-order valence-corrected chi connectivity index (χ3v) is 2.82. The van der Waals surface area contributed by atoms with E-state index in [0.29, 0.717) is 5.41 Å². The van der Waals surface area contributed by atoms with Gasteiger partial charge in [-0.2, -0.15) is 0 Å². The molecule has 2 unspecified atom stereocenters. The van der Waals surface area contributed by atoms with Gasteiger partial charge in [0.05, 0.1) is 12.2 Å². The first-order valence-corrected chi connectivity index (χ1v) is 5.79. The topological polar surface area (TPSA) is 29.5 Å². The molecule has 14 heavy (non-hydrogen) atoms. The van der Waals surface area contributed by atoms with E-state index in [9.17, 15) is 5.11 Å². The van der Waals surface area contributed by atoms with E-state index in [-0.39, 0.29) is 12.2 Å². The Bertz CT molecular complexity index is 154. The van der Waals surface area contributed by atoms with Crippen LogP contribution in [0.2, 0.25) is 0 Å². The fourth-order valence-electron chi connectivity index (χ4n) is 1.93. The Balaban J connectivity index is 2.11. The van der Waals surface area contributed by atoms with E-state index in [2.05, 4.69) is 20.8 Å². The smallest absolute Gasteiger partial charge is 0.0834 e. The maximum atomic E-state index is 9.82. The first kappa shape index (κ1) is 12.0. The molecule has 0 amide bonds. The summed E-state index contributed by atoms with van der Waals surface area (Å²) in [7, 11) is 0. The van der Waals surface area contributed by atoms with Crippen molar-refractivity contribution in [1.82, 2.24) is 0 Å². The van der Waals surface area contributed by atoms with Gasteiger partial charge in [0, 0.05) is 6.61 Å². The highest BCUT2D eigenvalue weighted by Crippen LogP contribution is 2.24. The van der Waals surface area contributed by atoms with Gasteiger partial charge in [0.25, 0.3) is 0 Å². The lowest BCUT2D eigenvalue weighted by atomic mass is 9.88. The maximum absolute atomic E-state index is 9.82. The van der Waals surface area contributed by atoms with E-state index in [1.165, 1.54) is 6.42 Å². The quantitative estimate of drug-likeness (QED) is 0.756. The van der Waals surface area contributed by atoms with Crippen LogP contribution in [0.1, 0.15) is 52.9 Å². The van der Waals surface area contributed by atoms with Gasteiger partial charge in [0.15, 0.2) is 0 Å². The van der Waals surface area contributed by atoms with Crippen LogP contribution in [-0.2, 0) is 4.74 Å². The second kappa shape index (κ2) is 5.13. The molecule has 84 valence electrons. The molecule has 1 N–H and O–H groups in total. The largest absolute Gasteiger partial charge is 0.390 e. The summed E-state index contributed by atoms with van der Waals surface area (Å²) in [6.45, 7) is 7.56.